The summed E-state index contributed by atoms with van der Waals surface area (Å²) < 4.78 is 19.2. The number of ether oxygens (including phenoxy) is 1. The summed E-state index contributed by atoms with van der Waals surface area (Å²) in [6, 6.07) is 1.65. The van der Waals surface area contributed by atoms with E-state index in [1.807, 2.05) is 43.4 Å². The monoisotopic (exact) mass is 323 g/mol. The molecule has 4 heteroatoms. The Morgan fingerprint density at radius 1 is 1.40 bits per heavy atom. The van der Waals surface area contributed by atoms with E-state index in [1.165, 1.54) is 0 Å². The van der Waals surface area contributed by atoms with Crippen molar-refractivity contribution in [3.05, 3.63) is 21.0 Å². The number of anilines is 1. The predicted molar refractivity (Wildman–Crippen MR) is 68.8 cm³/mol. The Bertz CT molecular complexity index is 385. The van der Waals surface area contributed by atoms with E-state index in [0.717, 1.165) is 5.56 Å². The molecular weight excluding hydrogens is 308 g/mol. The Labute approximate surface area is 103 Å². The smallest absolute Gasteiger partial charge is 0.163 e. The van der Waals surface area contributed by atoms with E-state index in [-0.39, 0.29) is 11.1 Å². The normalized spacial score (nSPS) is 11.6. The van der Waals surface area contributed by atoms with Crippen molar-refractivity contribution in [3.63, 3.8) is 0 Å². The Morgan fingerprint density at radius 3 is 2.33 bits per heavy atom. The summed E-state index contributed by atoms with van der Waals surface area (Å²) in [5.41, 5.74) is 6.58. The van der Waals surface area contributed by atoms with Gasteiger partial charge in [0.1, 0.15) is 5.75 Å². The van der Waals surface area contributed by atoms with Crippen LogP contribution in [0.3, 0.4) is 0 Å². The zero-order valence-corrected chi connectivity index (χ0v) is 11.5. The average Bonchev–Trinajstić information content (AvgIpc) is 2.12. The van der Waals surface area contributed by atoms with Crippen molar-refractivity contribution in [2.45, 2.75) is 26.2 Å². The van der Waals surface area contributed by atoms with Crippen LogP contribution in [0.1, 0.15) is 26.3 Å². The van der Waals surface area contributed by atoms with Gasteiger partial charge >= 0.3 is 0 Å². The largest absolute Gasteiger partial charge is 0.495 e. The van der Waals surface area contributed by atoms with Crippen LogP contribution in [0.4, 0.5) is 10.1 Å². The van der Waals surface area contributed by atoms with Gasteiger partial charge in [0.15, 0.2) is 5.82 Å². The summed E-state index contributed by atoms with van der Waals surface area (Å²) in [7, 11) is 1.54. The van der Waals surface area contributed by atoms with Crippen LogP contribution in [0.25, 0.3) is 0 Å². The highest BCUT2D eigenvalue weighted by molar-refractivity contribution is 14.1. The van der Waals surface area contributed by atoms with Gasteiger partial charge in [-0.1, -0.05) is 20.8 Å². The van der Waals surface area contributed by atoms with Crippen molar-refractivity contribution in [1.29, 1.82) is 0 Å². The second-order valence-corrected chi connectivity index (χ2v) is 5.50. The van der Waals surface area contributed by atoms with Gasteiger partial charge in [-0.15, -0.1) is 0 Å². The Kier molecular flexibility index (Phi) is 3.48. The van der Waals surface area contributed by atoms with Crippen LogP contribution in [0.15, 0.2) is 6.07 Å². The summed E-state index contributed by atoms with van der Waals surface area (Å²) >= 11 is 1.92. The zero-order chi connectivity index (χ0) is 11.8. The van der Waals surface area contributed by atoms with Gasteiger partial charge in [0.05, 0.1) is 16.4 Å². The molecule has 1 rings (SSSR count). The molecule has 2 nitrogen and oxygen atoms in total. The van der Waals surface area contributed by atoms with E-state index in [1.54, 1.807) is 13.2 Å². The lowest BCUT2D eigenvalue weighted by Gasteiger charge is -2.23. The first-order valence-electron chi connectivity index (χ1n) is 4.61. The van der Waals surface area contributed by atoms with Crippen LogP contribution in [0.2, 0.25) is 0 Å². The molecule has 0 aromatic heterocycles. The van der Waals surface area contributed by atoms with Gasteiger partial charge in [0, 0.05) is 5.56 Å². The highest BCUT2D eigenvalue weighted by Gasteiger charge is 2.24. The number of methoxy groups -OCH3 is 1. The Hall–Kier alpha value is -0.520. The van der Waals surface area contributed by atoms with Crippen LogP contribution < -0.4 is 10.5 Å². The average molecular weight is 323 g/mol. The van der Waals surface area contributed by atoms with Gasteiger partial charge in [0.25, 0.3) is 0 Å². The molecule has 1 aromatic rings. The number of benzene rings is 1. The summed E-state index contributed by atoms with van der Waals surface area (Å²) in [5.74, 6) is 0.176. The minimum atomic E-state index is -0.402. The number of hydrogen-bond acceptors (Lipinski definition) is 2. The third-order valence-electron chi connectivity index (χ3n) is 2.20. The highest BCUT2D eigenvalue weighted by atomic mass is 127. The van der Waals surface area contributed by atoms with Gasteiger partial charge < -0.3 is 10.5 Å². The topological polar surface area (TPSA) is 35.2 Å². The van der Waals surface area contributed by atoms with E-state index in [4.69, 9.17) is 10.5 Å². The van der Waals surface area contributed by atoms with Crippen molar-refractivity contribution in [2.75, 3.05) is 12.8 Å². The maximum atomic E-state index is 13.5. The first-order chi connectivity index (χ1) is 6.79. The van der Waals surface area contributed by atoms with E-state index < -0.39 is 5.82 Å². The minimum Gasteiger partial charge on any atom is -0.495 e. The summed E-state index contributed by atoms with van der Waals surface area (Å²) in [6.45, 7) is 6.12. The second-order valence-electron chi connectivity index (χ2n) is 4.42. The van der Waals surface area contributed by atoms with Crippen molar-refractivity contribution in [3.8, 4) is 5.75 Å². The van der Waals surface area contributed by atoms with E-state index in [9.17, 15) is 4.39 Å². The summed E-state index contributed by atoms with van der Waals surface area (Å²) in [6.07, 6.45) is 0. The SMILES string of the molecule is COc1c(C(C)(C)C)cc(N)c(F)c1I. The molecule has 0 atom stereocenters. The van der Waals surface area contributed by atoms with Gasteiger partial charge in [-0.3, -0.25) is 0 Å². The lowest BCUT2D eigenvalue weighted by molar-refractivity contribution is 0.390. The molecule has 84 valence electrons. The molecule has 0 saturated carbocycles. The molecule has 0 aliphatic rings. The molecule has 0 spiro atoms. The quantitative estimate of drug-likeness (QED) is 0.636. The maximum absolute atomic E-state index is 13.5. The summed E-state index contributed by atoms with van der Waals surface area (Å²) in [4.78, 5) is 0. The molecular formula is C11H15FINO. The Morgan fingerprint density at radius 2 is 1.93 bits per heavy atom. The molecule has 0 amide bonds. The molecule has 0 aliphatic carbocycles. The Balaban J connectivity index is 3.53. The fourth-order valence-corrected chi connectivity index (χ4v) is 2.21. The van der Waals surface area contributed by atoms with Crippen LogP contribution in [-0.2, 0) is 5.41 Å². The van der Waals surface area contributed by atoms with Crippen LogP contribution >= 0.6 is 22.6 Å². The molecule has 0 bridgehead atoms. The zero-order valence-electron chi connectivity index (χ0n) is 9.32. The van der Waals surface area contributed by atoms with Gasteiger partial charge in [-0.05, 0) is 34.1 Å². The second kappa shape index (κ2) is 4.15. The maximum Gasteiger partial charge on any atom is 0.163 e. The van der Waals surface area contributed by atoms with Crippen molar-refractivity contribution in [2.24, 2.45) is 0 Å². The molecule has 0 saturated heterocycles. The first-order valence-corrected chi connectivity index (χ1v) is 5.69. The lowest BCUT2D eigenvalue weighted by atomic mass is 9.86. The number of nitrogens with two attached hydrogens (primary N) is 1. The van der Waals surface area contributed by atoms with Gasteiger partial charge in [-0.25, -0.2) is 4.39 Å². The number of rotatable bonds is 1. The standard InChI is InChI=1S/C11H15FINO/c1-11(2,3)6-5-7(14)8(12)9(13)10(6)15-4/h5H,14H2,1-4H3. The number of halogens is 2. The number of nitrogen functional groups attached to an aromatic ring is 1. The molecule has 0 radical (unpaired) electrons. The fraction of sp³-hybridized carbons (Fsp3) is 0.455. The van der Waals surface area contributed by atoms with E-state index >= 15 is 0 Å². The van der Waals surface area contributed by atoms with Gasteiger partial charge in [-0.2, -0.15) is 0 Å². The molecule has 0 heterocycles. The van der Waals surface area contributed by atoms with Crippen molar-refractivity contribution in [1.82, 2.24) is 0 Å². The van der Waals surface area contributed by atoms with Crippen LogP contribution in [0.5, 0.6) is 5.75 Å². The molecule has 0 aliphatic heterocycles. The van der Waals surface area contributed by atoms with Crippen molar-refractivity contribution >= 4 is 28.3 Å². The molecule has 15 heavy (non-hydrogen) atoms. The lowest BCUT2D eigenvalue weighted by Crippen LogP contribution is -2.15. The predicted octanol–water partition coefficient (Wildman–Crippen LogP) is 3.32. The van der Waals surface area contributed by atoms with Crippen molar-refractivity contribution < 1.29 is 9.13 Å². The third-order valence-corrected chi connectivity index (χ3v) is 3.17. The summed E-state index contributed by atoms with van der Waals surface area (Å²) in [5, 5.41) is 0. The molecule has 0 fully saturated rings. The third kappa shape index (κ3) is 2.35. The number of hydrogen-bond donors (Lipinski definition) is 1. The molecule has 1 aromatic carbocycles. The van der Waals surface area contributed by atoms with E-state index in [0.29, 0.717) is 9.32 Å². The highest BCUT2D eigenvalue weighted by Crippen LogP contribution is 2.38. The van der Waals surface area contributed by atoms with E-state index in [2.05, 4.69) is 0 Å². The van der Waals surface area contributed by atoms with Gasteiger partial charge in [0.2, 0.25) is 0 Å². The minimum absolute atomic E-state index is 0.118. The molecule has 2 N–H and O–H groups in total. The van der Waals surface area contributed by atoms with Crippen LogP contribution in [-0.4, -0.2) is 7.11 Å². The fourth-order valence-electron chi connectivity index (χ4n) is 1.39. The molecule has 0 unspecified atom stereocenters. The first kappa shape index (κ1) is 12.5. The van der Waals surface area contributed by atoms with Crippen LogP contribution in [0, 0.1) is 9.39 Å².